The quantitative estimate of drug-likeness (QED) is 0.730. The predicted molar refractivity (Wildman–Crippen MR) is 117 cm³/mol. The van der Waals surface area contributed by atoms with Crippen molar-refractivity contribution in [3.63, 3.8) is 0 Å². The maximum Gasteiger partial charge on any atom is 0.262 e. The molecule has 0 aromatic heterocycles. The number of nitrogens with one attached hydrogen (secondary N) is 1. The minimum absolute atomic E-state index is 0.0838. The summed E-state index contributed by atoms with van der Waals surface area (Å²) in [5.41, 5.74) is 1.61. The van der Waals surface area contributed by atoms with Crippen molar-refractivity contribution >= 4 is 28.8 Å². The average molecular weight is 415 g/mol. The minimum atomic E-state index is -0.242. The van der Waals surface area contributed by atoms with Crippen molar-refractivity contribution in [3.05, 3.63) is 54.1 Å². The lowest BCUT2D eigenvalue weighted by Crippen LogP contribution is -2.47. The van der Waals surface area contributed by atoms with Crippen LogP contribution in [0.5, 0.6) is 11.5 Å². The van der Waals surface area contributed by atoms with Gasteiger partial charge in [-0.1, -0.05) is 18.3 Å². The molecule has 1 N–H and O–H groups in total. The highest BCUT2D eigenvalue weighted by molar-refractivity contribution is 7.80. The molecular formula is C22H26N2O4S. The molecule has 2 atom stereocenters. The number of anilines is 1. The van der Waals surface area contributed by atoms with E-state index < -0.39 is 0 Å². The van der Waals surface area contributed by atoms with Crippen molar-refractivity contribution in [3.8, 4) is 11.5 Å². The van der Waals surface area contributed by atoms with Crippen LogP contribution in [0.2, 0.25) is 0 Å². The van der Waals surface area contributed by atoms with E-state index in [2.05, 4.69) is 24.1 Å². The Hall–Kier alpha value is -2.64. The SMILES string of the molecule is COc1cccc(NC(=O)COc2ccc(C(=S)N3C[C@@H](C)O[C@H](C)C3)cc2)c1. The van der Waals surface area contributed by atoms with Gasteiger partial charge < -0.3 is 24.4 Å². The van der Waals surface area contributed by atoms with E-state index >= 15 is 0 Å². The number of carbonyl (C=O) groups is 1. The van der Waals surface area contributed by atoms with Gasteiger partial charge in [0.2, 0.25) is 0 Å². The molecule has 0 saturated carbocycles. The normalized spacial score (nSPS) is 18.8. The molecule has 0 aliphatic carbocycles. The lowest BCUT2D eigenvalue weighted by Gasteiger charge is -2.37. The highest BCUT2D eigenvalue weighted by Crippen LogP contribution is 2.19. The van der Waals surface area contributed by atoms with Crippen molar-refractivity contribution in [2.24, 2.45) is 0 Å². The van der Waals surface area contributed by atoms with Gasteiger partial charge in [-0.05, 0) is 50.2 Å². The third-order valence-corrected chi connectivity index (χ3v) is 5.03. The number of thiocarbonyl (C=S) groups is 1. The number of carbonyl (C=O) groups excluding carboxylic acids is 1. The molecule has 154 valence electrons. The molecule has 2 aromatic carbocycles. The topological polar surface area (TPSA) is 60.0 Å². The molecule has 0 bridgehead atoms. The van der Waals surface area contributed by atoms with E-state index in [4.69, 9.17) is 26.4 Å². The molecule has 0 unspecified atom stereocenters. The molecule has 0 radical (unpaired) electrons. The van der Waals surface area contributed by atoms with E-state index in [0.717, 1.165) is 23.6 Å². The summed E-state index contributed by atoms with van der Waals surface area (Å²) in [6.45, 7) is 5.59. The van der Waals surface area contributed by atoms with Crippen LogP contribution >= 0.6 is 12.2 Å². The number of benzene rings is 2. The van der Waals surface area contributed by atoms with Gasteiger partial charge in [-0.15, -0.1) is 0 Å². The minimum Gasteiger partial charge on any atom is -0.497 e. The summed E-state index contributed by atoms with van der Waals surface area (Å²) in [4.78, 5) is 15.1. The standard InChI is InChI=1S/C22H26N2O4S/c1-15-12-24(13-16(2)28-15)22(29)17-7-9-19(10-8-17)27-14-21(25)23-18-5-4-6-20(11-18)26-3/h4-11,15-16H,12-14H2,1-3H3,(H,23,25)/t15-,16-/m1/s1. The van der Waals surface area contributed by atoms with Crippen LogP contribution in [0.15, 0.2) is 48.5 Å². The Balaban J connectivity index is 1.52. The first-order chi connectivity index (χ1) is 13.9. The van der Waals surface area contributed by atoms with E-state index in [-0.39, 0.29) is 24.7 Å². The first-order valence-electron chi connectivity index (χ1n) is 9.56. The van der Waals surface area contributed by atoms with Crippen LogP contribution in [0.3, 0.4) is 0 Å². The number of ether oxygens (including phenoxy) is 3. The number of rotatable bonds is 6. The van der Waals surface area contributed by atoms with Crippen LogP contribution in [0.25, 0.3) is 0 Å². The van der Waals surface area contributed by atoms with Gasteiger partial charge in [0.25, 0.3) is 5.91 Å². The van der Waals surface area contributed by atoms with Gasteiger partial charge in [0.1, 0.15) is 16.5 Å². The monoisotopic (exact) mass is 414 g/mol. The molecule has 1 heterocycles. The summed E-state index contributed by atoms with van der Waals surface area (Å²) in [7, 11) is 1.58. The van der Waals surface area contributed by atoms with Crippen molar-refractivity contribution in [1.82, 2.24) is 4.90 Å². The highest BCUT2D eigenvalue weighted by atomic mass is 32.1. The summed E-state index contributed by atoms with van der Waals surface area (Å²) >= 11 is 5.64. The van der Waals surface area contributed by atoms with Crippen LogP contribution in [-0.2, 0) is 9.53 Å². The molecule has 7 heteroatoms. The zero-order valence-electron chi connectivity index (χ0n) is 16.9. The first-order valence-corrected chi connectivity index (χ1v) is 9.97. The lowest BCUT2D eigenvalue weighted by molar-refractivity contribution is -0.118. The fraction of sp³-hybridized carbons (Fsp3) is 0.364. The van der Waals surface area contributed by atoms with Crippen LogP contribution in [0, 0.1) is 0 Å². The maximum atomic E-state index is 12.1. The fourth-order valence-electron chi connectivity index (χ4n) is 3.27. The van der Waals surface area contributed by atoms with Gasteiger partial charge in [0.15, 0.2) is 6.61 Å². The molecule has 1 saturated heterocycles. The lowest BCUT2D eigenvalue weighted by atomic mass is 10.1. The summed E-state index contributed by atoms with van der Waals surface area (Å²) in [5.74, 6) is 1.05. The Morgan fingerprint density at radius 1 is 1.14 bits per heavy atom. The van der Waals surface area contributed by atoms with Gasteiger partial charge >= 0.3 is 0 Å². The van der Waals surface area contributed by atoms with E-state index in [1.165, 1.54) is 0 Å². The van der Waals surface area contributed by atoms with E-state index in [9.17, 15) is 4.79 Å². The number of methoxy groups -OCH3 is 1. The van der Waals surface area contributed by atoms with Crippen LogP contribution in [0.1, 0.15) is 19.4 Å². The van der Waals surface area contributed by atoms with Crippen LogP contribution in [-0.4, -0.2) is 54.8 Å². The van der Waals surface area contributed by atoms with Crippen molar-refractivity contribution in [2.45, 2.75) is 26.1 Å². The summed E-state index contributed by atoms with van der Waals surface area (Å²) in [6.07, 6.45) is 0.310. The number of morpholine rings is 1. The Bertz CT molecular complexity index is 846. The van der Waals surface area contributed by atoms with Gasteiger partial charge in [-0.3, -0.25) is 4.79 Å². The van der Waals surface area contributed by atoms with Crippen molar-refractivity contribution in [2.75, 3.05) is 32.1 Å². The molecule has 0 spiro atoms. The molecule has 6 nitrogen and oxygen atoms in total. The summed E-state index contributed by atoms with van der Waals surface area (Å²) in [5, 5.41) is 2.78. The van der Waals surface area contributed by atoms with Gasteiger partial charge in [-0.25, -0.2) is 0 Å². The number of amides is 1. The highest BCUT2D eigenvalue weighted by Gasteiger charge is 2.24. The largest absolute Gasteiger partial charge is 0.497 e. The molecule has 1 amide bonds. The van der Waals surface area contributed by atoms with Crippen molar-refractivity contribution in [1.29, 1.82) is 0 Å². The van der Waals surface area contributed by atoms with E-state index in [1.807, 2.05) is 36.4 Å². The Kier molecular flexibility index (Phi) is 7.06. The smallest absolute Gasteiger partial charge is 0.262 e. The third-order valence-electron chi connectivity index (χ3n) is 4.53. The average Bonchev–Trinajstić information content (AvgIpc) is 2.71. The zero-order valence-corrected chi connectivity index (χ0v) is 17.7. The van der Waals surface area contributed by atoms with Gasteiger partial charge in [0.05, 0.1) is 19.3 Å². The van der Waals surface area contributed by atoms with E-state index in [1.54, 1.807) is 19.2 Å². The molecule has 1 aliphatic rings. The second-order valence-electron chi connectivity index (χ2n) is 7.06. The number of hydrogen-bond donors (Lipinski definition) is 1. The molecule has 1 fully saturated rings. The first kappa shape index (κ1) is 21.1. The number of hydrogen-bond acceptors (Lipinski definition) is 5. The number of nitrogens with zero attached hydrogens (tertiary/aromatic N) is 1. The summed E-state index contributed by atoms with van der Waals surface area (Å²) in [6, 6.07) is 14.7. The zero-order chi connectivity index (χ0) is 20.8. The Morgan fingerprint density at radius 3 is 2.48 bits per heavy atom. The van der Waals surface area contributed by atoms with Crippen molar-refractivity contribution < 1.29 is 19.0 Å². The molecule has 29 heavy (non-hydrogen) atoms. The molecule has 1 aliphatic heterocycles. The molecular weight excluding hydrogens is 388 g/mol. The predicted octanol–water partition coefficient (Wildman–Crippen LogP) is 3.50. The second-order valence-corrected chi connectivity index (χ2v) is 7.45. The second kappa shape index (κ2) is 9.71. The van der Waals surface area contributed by atoms with E-state index in [0.29, 0.717) is 17.2 Å². The maximum absolute atomic E-state index is 12.1. The Labute approximate surface area is 176 Å². The molecule has 2 aromatic rings. The fourth-order valence-corrected chi connectivity index (χ4v) is 3.55. The third kappa shape index (κ3) is 5.92. The van der Waals surface area contributed by atoms with Crippen LogP contribution < -0.4 is 14.8 Å². The Morgan fingerprint density at radius 2 is 1.83 bits per heavy atom. The summed E-state index contributed by atoms with van der Waals surface area (Å²) < 4.78 is 16.5. The van der Waals surface area contributed by atoms with Crippen LogP contribution in [0.4, 0.5) is 5.69 Å². The van der Waals surface area contributed by atoms with Gasteiger partial charge in [0, 0.05) is 30.4 Å². The molecule has 3 rings (SSSR count). The van der Waals surface area contributed by atoms with Gasteiger partial charge in [-0.2, -0.15) is 0 Å².